The molecule has 2 rings (SSSR count). The average Bonchev–Trinajstić information content (AvgIpc) is 3.38. The molecule has 0 aliphatic carbocycles. The Bertz CT molecular complexity index is 1890. The monoisotopic (exact) mass is 1080 g/mol. The van der Waals surface area contributed by atoms with Gasteiger partial charge in [-0.15, -0.1) is 0 Å². The van der Waals surface area contributed by atoms with Crippen LogP contribution in [-0.2, 0) is 28.4 Å². The highest BCUT2D eigenvalue weighted by Crippen LogP contribution is 2.28. The lowest BCUT2D eigenvalue weighted by molar-refractivity contribution is -0.162. The highest BCUT2D eigenvalue weighted by atomic mass is 16.7. The molecule has 0 spiro atoms. The summed E-state index contributed by atoms with van der Waals surface area (Å²) in [7, 11) is 0. The van der Waals surface area contributed by atoms with Crippen LogP contribution in [0.2, 0.25) is 0 Å². The number of piperazine rings is 1. The van der Waals surface area contributed by atoms with E-state index < -0.39 is 215 Å². The molecule has 31 heteroatoms. The Hall–Kier alpha value is -4.72. The first-order valence-corrected chi connectivity index (χ1v) is 23.0. The van der Waals surface area contributed by atoms with Crippen LogP contribution < -0.4 is 0 Å². The van der Waals surface area contributed by atoms with Crippen molar-refractivity contribution in [2.45, 2.75) is 133 Å². The Morgan fingerprint density at radius 1 is 0.324 bits per heavy atom. The molecular formula is C43H74N2O29. The van der Waals surface area contributed by atoms with Gasteiger partial charge in [-0.1, -0.05) is 0 Å². The molecular weight excluding hydrogens is 1010 g/mol. The van der Waals surface area contributed by atoms with Gasteiger partial charge in [-0.2, -0.15) is 0 Å². The third-order valence-corrected chi connectivity index (χ3v) is 11.4. The van der Waals surface area contributed by atoms with Crippen molar-refractivity contribution in [1.29, 1.82) is 0 Å². The van der Waals surface area contributed by atoms with Gasteiger partial charge in [-0.05, 0) is 20.3 Å². The maximum Gasteiger partial charge on any atom is 0.218 e. The standard InChI is InChI=1S/C43H74N2O29/c1-19(2)45-12-10-44(11-13-45)9-3-20-26(51)32(57)39(64)70-22(5-15-47)28(53)34(59)41(66)72-24(7-17-49)30(55)36(61)43(68)74-25(8-18-50)31(56)37(62)42(67)73-23(6-16-48)29(54)35(60)40(65)71-21(4-14-46)27(52)33(58)38(63)69-20/h19-25,38-43,46-68H,3-18H2,1-2H3/b32-26+,33-27+,34-28-,35-29-,36-30+,37-31-/t20?,21?,22?,23?,24?,25?,38?,39?,40?,41?,42-,43?/m0/s1. The van der Waals surface area contributed by atoms with Crippen LogP contribution in [0.1, 0.15) is 52.4 Å². The quantitative estimate of drug-likeness (QED) is 0.0856. The lowest BCUT2D eigenvalue weighted by atomic mass is 10.1. The summed E-state index contributed by atoms with van der Waals surface area (Å²) in [5.74, 6) is -18.2. The molecule has 0 radical (unpaired) electrons. The van der Waals surface area contributed by atoms with Gasteiger partial charge in [0.15, 0.2) is 69.1 Å². The number of ether oxygens (including phenoxy) is 6. The average molecular weight is 1080 g/mol. The van der Waals surface area contributed by atoms with E-state index in [1.54, 1.807) is 0 Å². The lowest BCUT2D eigenvalue weighted by Gasteiger charge is -2.37. The van der Waals surface area contributed by atoms with Crippen molar-refractivity contribution < 1.29 is 146 Å². The molecule has 0 saturated carbocycles. The van der Waals surface area contributed by atoms with E-state index in [4.69, 9.17) is 28.4 Å². The summed E-state index contributed by atoms with van der Waals surface area (Å²) in [5, 5.41) is 244. The molecule has 0 amide bonds. The second kappa shape index (κ2) is 32.0. The Labute approximate surface area is 422 Å². The van der Waals surface area contributed by atoms with Gasteiger partial charge in [-0.25, -0.2) is 0 Å². The number of nitrogens with zero attached hydrogens (tertiary/aromatic N) is 2. The zero-order chi connectivity index (χ0) is 56.1. The molecule has 2 aliphatic heterocycles. The van der Waals surface area contributed by atoms with E-state index in [0.29, 0.717) is 26.2 Å². The Morgan fingerprint density at radius 2 is 0.514 bits per heavy atom. The second-order valence-corrected chi connectivity index (χ2v) is 16.8. The molecule has 11 unspecified atom stereocenters. The van der Waals surface area contributed by atoms with Gasteiger partial charge < -0.3 is 151 Å². The first-order chi connectivity index (χ1) is 34.8. The predicted octanol–water partition coefficient (Wildman–Crippen LogP) is -2.48. The Morgan fingerprint density at radius 3 is 0.689 bits per heavy atom. The molecule has 2 heterocycles. The van der Waals surface area contributed by atoms with E-state index in [1.165, 1.54) is 0 Å². The van der Waals surface area contributed by atoms with Gasteiger partial charge in [0.1, 0.15) is 36.6 Å². The summed E-state index contributed by atoms with van der Waals surface area (Å²) in [4.78, 5) is 4.02. The van der Waals surface area contributed by atoms with Gasteiger partial charge >= 0.3 is 0 Å². The minimum Gasteiger partial charge on any atom is -0.506 e. The van der Waals surface area contributed by atoms with Crippen LogP contribution in [0.5, 0.6) is 0 Å². The molecule has 0 aromatic rings. The minimum atomic E-state index is -2.80. The minimum absolute atomic E-state index is 0.0130. The number of hydrogen-bond donors (Lipinski definition) is 23. The fourth-order valence-electron chi connectivity index (χ4n) is 7.07. The summed E-state index contributed by atoms with van der Waals surface area (Å²) in [6.07, 6.45) is -33.7. The molecule has 74 heavy (non-hydrogen) atoms. The second-order valence-electron chi connectivity index (χ2n) is 16.8. The van der Waals surface area contributed by atoms with E-state index in [0.717, 1.165) is 0 Å². The molecule has 1 fully saturated rings. The molecule has 23 N–H and O–H groups in total. The number of hydrogen-bond acceptors (Lipinski definition) is 31. The molecule has 0 aromatic carbocycles. The zero-order valence-electron chi connectivity index (χ0n) is 40.4. The Kier molecular flexibility index (Phi) is 28.3. The van der Waals surface area contributed by atoms with Crippen LogP contribution in [0, 0.1) is 0 Å². The van der Waals surface area contributed by atoms with Gasteiger partial charge in [-0.3, -0.25) is 4.90 Å². The first-order valence-electron chi connectivity index (χ1n) is 23.0. The van der Waals surface area contributed by atoms with Crippen molar-refractivity contribution in [3.8, 4) is 0 Å². The zero-order valence-corrected chi connectivity index (χ0v) is 40.4. The van der Waals surface area contributed by atoms with Crippen molar-refractivity contribution in [3.05, 3.63) is 69.1 Å². The van der Waals surface area contributed by atoms with Crippen LogP contribution in [0.15, 0.2) is 69.1 Å². The van der Waals surface area contributed by atoms with E-state index >= 15 is 0 Å². The van der Waals surface area contributed by atoms with Crippen molar-refractivity contribution in [2.75, 3.05) is 65.8 Å². The highest BCUT2D eigenvalue weighted by molar-refractivity contribution is 5.15. The predicted molar refractivity (Wildman–Crippen MR) is 245 cm³/mol. The van der Waals surface area contributed by atoms with Crippen molar-refractivity contribution >= 4 is 0 Å². The summed E-state index contributed by atoms with van der Waals surface area (Å²) in [6, 6.07) is 0.197. The first kappa shape index (κ1) is 65.4. The van der Waals surface area contributed by atoms with Crippen LogP contribution in [0.25, 0.3) is 0 Å². The fourth-order valence-corrected chi connectivity index (χ4v) is 7.07. The maximum atomic E-state index is 11.3. The SMILES string of the molecule is CC(C)N1CCN(CCC2OC(O)/C(O)=C(\O)C(CCO)OC(O)/C(O)=C(/O)C(CCO)O[C@H](O)/C(O)=C(/O)C(CCO)OC(O)/C(O)=C(\O)C(CCO)OC(O)/C(O)=C(/O)C(CCO)OC(O)/C(O)=C/2O)CC1. The third-order valence-electron chi connectivity index (χ3n) is 11.4. The fraction of sp³-hybridized carbons (Fsp3) is 0.721. The van der Waals surface area contributed by atoms with E-state index in [9.17, 15) is 117 Å². The molecule has 1 saturated heterocycles. The molecule has 31 nitrogen and oxygen atoms in total. The smallest absolute Gasteiger partial charge is 0.218 e. The lowest BCUT2D eigenvalue weighted by Crippen LogP contribution is -2.49. The number of aliphatic hydroxyl groups is 23. The van der Waals surface area contributed by atoms with Crippen molar-refractivity contribution in [1.82, 2.24) is 9.80 Å². The van der Waals surface area contributed by atoms with Gasteiger partial charge in [0.05, 0.1) is 0 Å². The van der Waals surface area contributed by atoms with Gasteiger partial charge in [0.25, 0.3) is 0 Å². The van der Waals surface area contributed by atoms with Crippen molar-refractivity contribution in [2.24, 2.45) is 0 Å². The third kappa shape index (κ3) is 18.8. The Balaban J connectivity index is 2.88. The van der Waals surface area contributed by atoms with Gasteiger partial charge in [0, 0.05) is 104 Å². The summed E-state index contributed by atoms with van der Waals surface area (Å²) >= 11 is 0. The number of rotatable bonds is 14. The van der Waals surface area contributed by atoms with Crippen LogP contribution in [-0.4, -0.2) is 273 Å². The molecule has 2 aliphatic rings. The van der Waals surface area contributed by atoms with E-state index in [1.807, 2.05) is 18.7 Å². The molecule has 0 bridgehead atoms. The van der Waals surface area contributed by atoms with Gasteiger partial charge in [0.2, 0.25) is 37.7 Å². The largest absolute Gasteiger partial charge is 0.506 e. The maximum absolute atomic E-state index is 11.3. The topological polar surface area (TPSA) is 527 Å². The summed E-state index contributed by atoms with van der Waals surface area (Å²) in [6.45, 7) is 1.42. The highest BCUT2D eigenvalue weighted by Gasteiger charge is 2.37. The van der Waals surface area contributed by atoms with Crippen molar-refractivity contribution in [3.63, 3.8) is 0 Å². The van der Waals surface area contributed by atoms with E-state index in [2.05, 4.69) is 4.90 Å². The van der Waals surface area contributed by atoms with Crippen LogP contribution >= 0.6 is 0 Å². The normalized spacial score (nSPS) is 37.1. The number of aliphatic hydroxyl groups excluding tert-OH is 23. The summed E-state index contributed by atoms with van der Waals surface area (Å²) < 4.78 is 30.9. The van der Waals surface area contributed by atoms with Crippen LogP contribution in [0.4, 0.5) is 0 Å². The van der Waals surface area contributed by atoms with Crippen LogP contribution in [0.3, 0.4) is 0 Å². The molecule has 12 atom stereocenters. The molecule has 0 aromatic heterocycles. The summed E-state index contributed by atoms with van der Waals surface area (Å²) in [5.41, 5.74) is 0. The van der Waals surface area contributed by atoms with E-state index in [-0.39, 0.29) is 12.6 Å². The molecule has 430 valence electrons.